The zero-order chi connectivity index (χ0) is 15.1. The van der Waals surface area contributed by atoms with Gasteiger partial charge in [0.15, 0.2) is 0 Å². The van der Waals surface area contributed by atoms with Crippen LogP contribution in [-0.4, -0.2) is 36.3 Å². The normalized spacial score (nSPS) is 19.1. The summed E-state index contributed by atoms with van der Waals surface area (Å²) in [6, 6.07) is 9.01. The summed E-state index contributed by atoms with van der Waals surface area (Å²) in [6.45, 7) is 7.84. The summed E-state index contributed by atoms with van der Waals surface area (Å²) in [5.41, 5.74) is 0.888. The number of carbonyl (C=O) groups excluding carboxylic acids is 1. The fraction of sp³-hybridized carbons (Fsp3) is 0.588. The first kappa shape index (κ1) is 17.7. The van der Waals surface area contributed by atoms with Crippen molar-refractivity contribution in [2.75, 3.05) is 19.7 Å². The van der Waals surface area contributed by atoms with Crippen LogP contribution in [0.3, 0.4) is 0 Å². The zero-order valence-electron chi connectivity index (χ0n) is 13.5. The summed E-state index contributed by atoms with van der Waals surface area (Å²) < 4.78 is 11.3. The molecule has 1 radical (unpaired) electrons. The van der Waals surface area contributed by atoms with Crippen molar-refractivity contribution in [3.05, 3.63) is 29.8 Å². The molecule has 0 unspecified atom stereocenters. The monoisotopic (exact) mass is 377 g/mol. The van der Waals surface area contributed by atoms with Crippen LogP contribution in [0.4, 0.5) is 4.79 Å². The van der Waals surface area contributed by atoms with Crippen LogP contribution in [0.25, 0.3) is 0 Å². The molecule has 0 saturated carbocycles. The van der Waals surface area contributed by atoms with E-state index in [0.717, 1.165) is 31.7 Å². The third kappa shape index (κ3) is 3.48. The van der Waals surface area contributed by atoms with Gasteiger partial charge in [-0.3, -0.25) is 0 Å². The second-order valence-corrected chi connectivity index (χ2v) is 6.96. The van der Waals surface area contributed by atoms with Crippen LogP contribution in [0.2, 0.25) is 0 Å². The maximum Gasteiger partial charge on any atom is 0.410 e. The van der Waals surface area contributed by atoms with Gasteiger partial charge < -0.3 is 14.4 Å². The molecule has 0 N–H and O–H groups in total. The van der Waals surface area contributed by atoms with Gasteiger partial charge in [-0.25, -0.2) is 4.79 Å². The number of nitrogens with zero attached hydrogens (tertiary/aromatic N) is 1. The Morgan fingerprint density at radius 1 is 1.36 bits per heavy atom. The Morgan fingerprint density at radius 3 is 2.68 bits per heavy atom. The number of ether oxygens (including phenoxy) is 2. The summed E-state index contributed by atoms with van der Waals surface area (Å²) in [5, 5.41) is 0. The van der Waals surface area contributed by atoms with Crippen molar-refractivity contribution < 1.29 is 47.0 Å². The van der Waals surface area contributed by atoms with Crippen molar-refractivity contribution in [3.63, 3.8) is 0 Å². The standard InChI is InChI=1S/C17H22NO3.Y/c1-16(2,3)21-15(19)18-10-8-17(9-11-18)12-20-14-7-5-4-6-13(14)17;/h4,6-7H,8-12H2,1-3H3;/q-1;. The molecule has 0 aliphatic carbocycles. The molecule has 3 rings (SSSR count). The molecule has 22 heavy (non-hydrogen) atoms. The fourth-order valence-corrected chi connectivity index (χ4v) is 3.12. The molecular weight excluding hydrogens is 355 g/mol. The van der Waals surface area contributed by atoms with E-state index in [4.69, 9.17) is 9.47 Å². The average Bonchev–Trinajstić information content (AvgIpc) is 2.77. The van der Waals surface area contributed by atoms with Gasteiger partial charge in [-0.2, -0.15) is 18.2 Å². The molecule has 2 aliphatic heterocycles. The van der Waals surface area contributed by atoms with Gasteiger partial charge in [0.25, 0.3) is 0 Å². The molecule has 117 valence electrons. The number of hydrogen-bond donors (Lipinski definition) is 0. The van der Waals surface area contributed by atoms with Crippen LogP contribution in [0.5, 0.6) is 5.75 Å². The van der Waals surface area contributed by atoms with Gasteiger partial charge in [0.1, 0.15) is 5.60 Å². The van der Waals surface area contributed by atoms with Crippen LogP contribution in [0.15, 0.2) is 18.2 Å². The van der Waals surface area contributed by atoms with Crippen molar-refractivity contribution in [3.8, 4) is 5.75 Å². The van der Waals surface area contributed by atoms with E-state index < -0.39 is 5.60 Å². The smallest absolute Gasteiger partial charge is 0.410 e. The maximum absolute atomic E-state index is 12.1. The van der Waals surface area contributed by atoms with Crippen LogP contribution in [-0.2, 0) is 42.9 Å². The molecule has 1 fully saturated rings. The molecule has 1 amide bonds. The molecule has 5 heteroatoms. The van der Waals surface area contributed by atoms with Gasteiger partial charge in [-0.15, -0.1) is 11.6 Å². The first-order chi connectivity index (χ1) is 9.90. The fourth-order valence-electron chi connectivity index (χ4n) is 3.12. The van der Waals surface area contributed by atoms with Crippen LogP contribution in [0, 0.1) is 6.07 Å². The molecule has 0 atom stereocenters. The van der Waals surface area contributed by atoms with Gasteiger partial charge in [-0.1, -0.05) is 0 Å². The van der Waals surface area contributed by atoms with E-state index in [1.807, 2.05) is 37.8 Å². The number of piperidine rings is 1. The third-order valence-corrected chi connectivity index (χ3v) is 4.27. The minimum atomic E-state index is -0.439. The molecule has 0 bridgehead atoms. The molecule has 1 aromatic rings. The maximum atomic E-state index is 12.1. The van der Waals surface area contributed by atoms with E-state index in [0.29, 0.717) is 6.61 Å². The Morgan fingerprint density at radius 2 is 2.05 bits per heavy atom. The largest absolute Gasteiger partial charge is 0.550 e. The Kier molecular flexibility index (Phi) is 5.23. The molecule has 0 aromatic heterocycles. The summed E-state index contributed by atoms with van der Waals surface area (Å²) in [7, 11) is 0. The van der Waals surface area contributed by atoms with Crippen molar-refractivity contribution in [2.24, 2.45) is 0 Å². The minimum Gasteiger partial charge on any atom is -0.550 e. The molecule has 4 nitrogen and oxygen atoms in total. The SMILES string of the molecule is CC(C)(C)OC(=O)N1CCC2(CC1)COc1c[c-]ccc12.[Y]. The molecule has 2 heterocycles. The summed E-state index contributed by atoms with van der Waals surface area (Å²) >= 11 is 0. The van der Waals surface area contributed by atoms with Crippen molar-refractivity contribution in [2.45, 2.75) is 44.6 Å². The Bertz CT molecular complexity index is 545. The van der Waals surface area contributed by atoms with E-state index in [-0.39, 0.29) is 44.2 Å². The topological polar surface area (TPSA) is 38.8 Å². The minimum absolute atomic E-state index is 0. The van der Waals surface area contributed by atoms with Crippen LogP contribution in [0.1, 0.15) is 39.2 Å². The van der Waals surface area contributed by atoms with Gasteiger partial charge in [0.05, 0.1) is 6.61 Å². The predicted octanol–water partition coefficient (Wildman–Crippen LogP) is 3.15. The Balaban J connectivity index is 0.00000176. The number of benzene rings is 1. The number of carbonyl (C=O) groups is 1. The number of rotatable bonds is 0. The molecule has 2 aliphatic rings. The predicted molar refractivity (Wildman–Crippen MR) is 79.5 cm³/mol. The summed E-state index contributed by atoms with van der Waals surface area (Å²) in [4.78, 5) is 13.9. The van der Waals surface area contributed by atoms with E-state index >= 15 is 0 Å². The summed E-state index contributed by atoms with van der Waals surface area (Å²) in [6.07, 6.45) is 1.63. The van der Waals surface area contributed by atoms with Crippen molar-refractivity contribution in [1.82, 2.24) is 4.90 Å². The van der Waals surface area contributed by atoms with Crippen LogP contribution >= 0.6 is 0 Å². The number of likely N-dealkylation sites (tertiary alicyclic amines) is 1. The van der Waals surface area contributed by atoms with Crippen molar-refractivity contribution in [1.29, 1.82) is 0 Å². The first-order valence-corrected chi connectivity index (χ1v) is 7.51. The molecule has 1 spiro atoms. The van der Waals surface area contributed by atoms with E-state index in [2.05, 4.69) is 12.1 Å². The van der Waals surface area contributed by atoms with E-state index in [9.17, 15) is 4.79 Å². The Labute approximate surface area is 157 Å². The first-order valence-electron chi connectivity index (χ1n) is 7.51. The van der Waals surface area contributed by atoms with Crippen molar-refractivity contribution >= 4 is 6.09 Å². The Hall–Kier alpha value is -0.606. The zero-order valence-corrected chi connectivity index (χ0v) is 16.4. The molecular formula is C17H22NO3Y-. The van der Waals surface area contributed by atoms with Gasteiger partial charge >= 0.3 is 6.09 Å². The molecule has 1 aromatic carbocycles. The van der Waals surface area contributed by atoms with Crippen LogP contribution < -0.4 is 4.74 Å². The second kappa shape index (κ2) is 6.48. The quantitative estimate of drug-likeness (QED) is 0.652. The number of hydrogen-bond acceptors (Lipinski definition) is 3. The second-order valence-electron chi connectivity index (χ2n) is 6.96. The van der Waals surface area contributed by atoms with Gasteiger partial charge in [-0.05, 0) is 33.6 Å². The molecule has 1 saturated heterocycles. The summed E-state index contributed by atoms with van der Waals surface area (Å²) in [5.74, 6) is 0.947. The van der Waals surface area contributed by atoms with E-state index in [1.165, 1.54) is 5.56 Å². The average molecular weight is 377 g/mol. The third-order valence-electron chi connectivity index (χ3n) is 4.27. The van der Waals surface area contributed by atoms with Gasteiger partial charge in [0.2, 0.25) is 0 Å². The number of fused-ring (bicyclic) bond motifs is 2. The van der Waals surface area contributed by atoms with E-state index in [1.54, 1.807) is 0 Å². The number of amides is 1. The van der Waals surface area contributed by atoms with Gasteiger partial charge in [0, 0.05) is 57.0 Å².